The zero-order valence-electron chi connectivity index (χ0n) is 10.8. The molecule has 17 heavy (non-hydrogen) atoms. The van der Waals surface area contributed by atoms with E-state index >= 15 is 0 Å². The number of rotatable bonds is 5. The van der Waals surface area contributed by atoms with Crippen LogP contribution in [0, 0.1) is 13.8 Å². The zero-order valence-corrected chi connectivity index (χ0v) is 11.6. The molecule has 1 aromatic rings. The summed E-state index contributed by atoms with van der Waals surface area (Å²) in [6.07, 6.45) is 0.632. The average Bonchev–Trinajstić information content (AvgIpc) is 2.33. The van der Waals surface area contributed by atoms with Crippen molar-refractivity contribution in [2.24, 2.45) is 0 Å². The van der Waals surface area contributed by atoms with Gasteiger partial charge in [0.05, 0.1) is 7.11 Å². The van der Waals surface area contributed by atoms with Crippen LogP contribution < -0.4 is 10.1 Å². The third-order valence-electron chi connectivity index (χ3n) is 3.03. The Labute approximate surface area is 108 Å². The van der Waals surface area contributed by atoms with E-state index in [0.717, 1.165) is 27.5 Å². The van der Waals surface area contributed by atoms with Gasteiger partial charge in [-0.3, -0.25) is 0 Å². The predicted octanol–water partition coefficient (Wildman–Crippen LogP) is 2.61. The summed E-state index contributed by atoms with van der Waals surface area (Å²) < 4.78 is 5.41. The topological polar surface area (TPSA) is 41.5 Å². The van der Waals surface area contributed by atoms with E-state index in [1.54, 1.807) is 7.11 Å². The van der Waals surface area contributed by atoms with Crippen LogP contribution in [0.3, 0.4) is 0 Å². The summed E-state index contributed by atoms with van der Waals surface area (Å²) >= 11 is 6.27. The largest absolute Gasteiger partial charge is 0.496 e. The maximum absolute atomic E-state index is 9.09. The molecule has 0 aliphatic rings. The molecule has 0 bridgehead atoms. The smallest absolute Gasteiger partial charge is 0.124 e. The second kappa shape index (κ2) is 6.24. The molecule has 0 amide bonds. The van der Waals surface area contributed by atoms with E-state index in [9.17, 15) is 0 Å². The van der Waals surface area contributed by atoms with E-state index in [1.807, 2.05) is 27.0 Å². The Morgan fingerprint density at radius 2 is 2.12 bits per heavy atom. The second-order valence-corrected chi connectivity index (χ2v) is 4.48. The van der Waals surface area contributed by atoms with Crippen molar-refractivity contribution in [1.29, 1.82) is 0 Å². The minimum absolute atomic E-state index is 0.0491. The fraction of sp³-hybridized carbons (Fsp3) is 0.538. The van der Waals surface area contributed by atoms with Gasteiger partial charge in [0, 0.05) is 23.2 Å². The lowest BCUT2D eigenvalue weighted by Crippen LogP contribution is -2.20. The van der Waals surface area contributed by atoms with Gasteiger partial charge in [-0.2, -0.15) is 0 Å². The fourth-order valence-electron chi connectivity index (χ4n) is 2.10. The first-order chi connectivity index (χ1) is 8.06. The minimum atomic E-state index is 0.0491. The summed E-state index contributed by atoms with van der Waals surface area (Å²) in [4.78, 5) is 0. The molecule has 96 valence electrons. The molecule has 0 heterocycles. The van der Waals surface area contributed by atoms with Gasteiger partial charge >= 0.3 is 0 Å². The van der Waals surface area contributed by atoms with Crippen LogP contribution in [0.4, 0.5) is 0 Å². The lowest BCUT2D eigenvalue weighted by atomic mass is 9.96. The van der Waals surface area contributed by atoms with Crippen molar-refractivity contribution in [3.8, 4) is 5.75 Å². The Bertz CT molecular complexity index is 393. The van der Waals surface area contributed by atoms with Gasteiger partial charge in [-0.05, 0) is 44.5 Å². The van der Waals surface area contributed by atoms with Crippen molar-refractivity contribution in [3.05, 3.63) is 27.8 Å². The monoisotopic (exact) mass is 257 g/mol. The molecule has 0 saturated heterocycles. The molecule has 0 aromatic heterocycles. The van der Waals surface area contributed by atoms with Crippen molar-refractivity contribution < 1.29 is 9.84 Å². The highest BCUT2D eigenvalue weighted by Gasteiger charge is 2.19. The van der Waals surface area contributed by atoms with Crippen molar-refractivity contribution >= 4 is 11.6 Å². The van der Waals surface area contributed by atoms with Crippen LogP contribution in [0.15, 0.2) is 6.07 Å². The first-order valence-electron chi connectivity index (χ1n) is 5.68. The van der Waals surface area contributed by atoms with Gasteiger partial charge in [0.15, 0.2) is 0 Å². The van der Waals surface area contributed by atoms with E-state index in [0.29, 0.717) is 6.42 Å². The quantitative estimate of drug-likeness (QED) is 0.852. The molecular formula is C13H20ClNO2. The van der Waals surface area contributed by atoms with E-state index in [4.69, 9.17) is 21.4 Å². The third-order valence-corrected chi connectivity index (χ3v) is 3.61. The normalized spacial score (nSPS) is 12.6. The second-order valence-electron chi connectivity index (χ2n) is 4.10. The first kappa shape index (κ1) is 14.3. The van der Waals surface area contributed by atoms with Crippen molar-refractivity contribution in [1.82, 2.24) is 5.32 Å². The summed E-state index contributed by atoms with van der Waals surface area (Å²) in [5, 5.41) is 13.0. The van der Waals surface area contributed by atoms with Gasteiger partial charge in [-0.25, -0.2) is 0 Å². The summed E-state index contributed by atoms with van der Waals surface area (Å²) in [5.41, 5.74) is 3.04. The molecule has 1 atom stereocenters. The highest BCUT2D eigenvalue weighted by molar-refractivity contribution is 6.32. The van der Waals surface area contributed by atoms with Gasteiger partial charge in [0.2, 0.25) is 0 Å². The maximum atomic E-state index is 9.09. The van der Waals surface area contributed by atoms with Crippen LogP contribution >= 0.6 is 11.6 Å². The molecule has 1 unspecified atom stereocenters. The number of ether oxygens (including phenoxy) is 1. The fourth-order valence-corrected chi connectivity index (χ4v) is 2.26. The van der Waals surface area contributed by atoms with Crippen LogP contribution in [0.5, 0.6) is 5.75 Å². The number of benzene rings is 1. The van der Waals surface area contributed by atoms with Crippen LogP contribution in [-0.4, -0.2) is 25.9 Å². The Morgan fingerprint density at radius 3 is 2.59 bits per heavy atom. The highest BCUT2D eigenvalue weighted by atomic mass is 35.5. The lowest BCUT2D eigenvalue weighted by molar-refractivity contribution is 0.266. The van der Waals surface area contributed by atoms with Gasteiger partial charge in [0.1, 0.15) is 5.75 Å². The summed E-state index contributed by atoms with van der Waals surface area (Å²) in [7, 11) is 3.52. The first-order valence-corrected chi connectivity index (χ1v) is 6.06. The zero-order chi connectivity index (χ0) is 13.0. The van der Waals surface area contributed by atoms with Crippen molar-refractivity contribution in [3.63, 3.8) is 0 Å². The van der Waals surface area contributed by atoms with Gasteiger partial charge in [-0.15, -0.1) is 0 Å². The van der Waals surface area contributed by atoms with Crippen LogP contribution in [0.1, 0.15) is 29.2 Å². The molecule has 1 aromatic carbocycles. The minimum Gasteiger partial charge on any atom is -0.496 e. The van der Waals surface area contributed by atoms with Gasteiger partial charge in [0.25, 0.3) is 0 Å². The number of aryl methyl sites for hydroxylation is 1. The van der Waals surface area contributed by atoms with Crippen molar-refractivity contribution in [2.75, 3.05) is 20.8 Å². The number of hydrogen-bond donors (Lipinski definition) is 2. The summed E-state index contributed by atoms with van der Waals surface area (Å²) in [6.45, 7) is 4.07. The molecule has 2 N–H and O–H groups in total. The average molecular weight is 258 g/mol. The number of hydrogen-bond acceptors (Lipinski definition) is 3. The standard InChI is InChI=1S/C13H20ClNO2/c1-8-7-11(17-4)12(9(2)13(8)14)10(15-3)5-6-16/h7,10,15-16H,5-6H2,1-4H3. The Morgan fingerprint density at radius 1 is 1.47 bits per heavy atom. The van der Waals surface area contributed by atoms with Crippen LogP contribution in [0.25, 0.3) is 0 Å². The Hall–Kier alpha value is -0.770. The molecule has 3 nitrogen and oxygen atoms in total. The highest BCUT2D eigenvalue weighted by Crippen LogP contribution is 2.36. The van der Waals surface area contributed by atoms with Gasteiger partial charge < -0.3 is 15.2 Å². The molecule has 0 radical (unpaired) electrons. The van der Waals surface area contributed by atoms with Crippen molar-refractivity contribution in [2.45, 2.75) is 26.3 Å². The summed E-state index contributed by atoms with van der Waals surface area (Å²) in [6, 6.07) is 1.99. The predicted molar refractivity (Wildman–Crippen MR) is 71.0 cm³/mol. The van der Waals surface area contributed by atoms with E-state index in [-0.39, 0.29) is 12.6 Å². The van der Waals surface area contributed by atoms with E-state index in [1.165, 1.54) is 0 Å². The Kier molecular flexibility index (Phi) is 5.25. The van der Waals surface area contributed by atoms with Crippen LogP contribution in [0.2, 0.25) is 5.02 Å². The van der Waals surface area contributed by atoms with Gasteiger partial charge in [-0.1, -0.05) is 11.6 Å². The number of halogens is 1. The molecule has 0 saturated carbocycles. The molecule has 0 spiro atoms. The molecule has 1 rings (SSSR count). The molecule has 4 heteroatoms. The maximum Gasteiger partial charge on any atom is 0.124 e. The van der Waals surface area contributed by atoms with E-state index < -0.39 is 0 Å². The molecular weight excluding hydrogens is 238 g/mol. The third kappa shape index (κ3) is 2.92. The SMILES string of the molecule is CNC(CCO)c1c(OC)cc(C)c(Cl)c1C. The molecule has 0 aliphatic carbocycles. The lowest BCUT2D eigenvalue weighted by Gasteiger charge is -2.22. The number of nitrogens with one attached hydrogen (secondary N) is 1. The summed E-state index contributed by atoms with van der Waals surface area (Å²) in [5.74, 6) is 0.817. The number of aliphatic hydroxyl groups is 1. The number of methoxy groups -OCH3 is 1. The van der Waals surface area contributed by atoms with E-state index in [2.05, 4.69) is 5.32 Å². The van der Waals surface area contributed by atoms with Crippen LogP contribution in [-0.2, 0) is 0 Å². The molecule has 0 aliphatic heterocycles. The number of aliphatic hydroxyl groups excluding tert-OH is 1. The Balaban J connectivity index is 3.33. The molecule has 0 fully saturated rings.